The maximum absolute atomic E-state index is 11.8. The molecule has 0 bridgehead atoms. The van der Waals surface area contributed by atoms with Gasteiger partial charge in [0, 0.05) is 17.7 Å². The van der Waals surface area contributed by atoms with Gasteiger partial charge >= 0.3 is 6.03 Å². The molecule has 0 atom stereocenters. The maximum Gasteiger partial charge on any atom is 0.315 e. The van der Waals surface area contributed by atoms with Crippen molar-refractivity contribution >= 4 is 6.03 Å². The number of carbonyl (C=O) groups is 1. The fourth-order valence-electron chi connectivity index (χ4n) is 1.81. The summed E-state index contributed by atoms with van der Waals surface area (Å²) in [6, 6.07) is 3.25. The zero-order valence-electron chi connectivity index (χ0n) is 13.5. The zero-order valence-corrected chi connectivity index (χ0v) is 13.5. The quantitative estimate of drug-likeness (QED) is 0.875. The van der Waals surface area contributed by atoms with Crippen molar-refractivity contribution in [1.29, 1.82) is 0 Å². The molecule has 6 heteroatoms. The van der Waals surface area contributed by atoms with Crippen molar-refractivity contribution < 1.29 is 19.0 Å². The summed E-state index contributed by atoms with van der Waals surface area (Å²) in [4.78, 5) is 11.8. The number of hydrogen-bond acceptors (Lipinski definition) is 4. The molecule has 1 aromatic rings. The summed E-state index contributed by atoms with van der Waals surface area (Å²) in [7, 11) is 4.70. The van der Waals surface area contributed by atoms with E-state index in [0.29, 0.717) is 17.2 Å². The Labute approximate surface area is 125 Å². The van der Waals surface area contributed by atoms with Crippen LogP contribution < -0.4 is 24.8 Å². The van der Waals surface area contributed by atoms with Crippen LogP contribution in [0.15, 0.2) is 12.1 Å². The van der Waals surface area contributed by atoms with E-state index >= 15 is 0 Å². The van der Waals surface area contributed by atoms with Crippen LogP contribution in [0.25, 0.3) is 0 Å². The molecule has 1 aromatic carbocycles. The number of carbonyl (C=O) groups excluding carboxylic acids is 1. The Morgan fingerprint density at radius 1 is 1.05 bits per heavy atom. The van der Waals surface area contributed by atoms with Crippen LogP contribution in [0.1, 0.15) is 26.3 Å². The van der Waals surface area contributed by atoms with E-state index in [2.05, 4.69) is 10.6 Å². The van der Waals surface area contributed by atoms with Gasteiger partial charge in [-0.2, -0.15) is 0 Å². The van der Waals surface area contributed by atoms with Crippen LogP contribution in [0.4, 0.5) is 4.79 Å². The molecule has 2 N–H and O–H groups in total. The second kappa shape index (κ2) is 7.06. The van der Waals surface area contributed by atoms with Crippen LogP contribution in [0.5, 0.6) is 17.2 Å². The number of rotatable bonds is 5. The van der Waals surface area contributed by atoms with Crippen molar-refractivity contribution in [1.82, 2.24) is 10.6 Å². The number of hydrogen-bond donors (Lipinski definition) is 2. The minimum Gasteiger partial charge on any atom is -0.496 e. The van der Waals surface area contributed by atoms with Gasteiger partial charge in [0.25, 0.3) is 0 Å². The molecule has 0 fully saturated rings. The Morgan fingerprint density at radius 3 is 1.95 bits per heavy atom. The lowest BCUT2D eigenvalue weighted by atomic mass is 10.1. The molecule has 0 aliphatic heterocycles. The van der Waals surface area contributed by atoms with Gasteiger partial charge in [-0.05, 0) is 20.8 Å². The lowest BCUT2D eigenvalue weighted by Crippen LogP contribution is -2.46. The normalized spacial score (nSPS) is 10.8. The van der Waals surface area contributed by atoms with Gasteiger partial charge < -0.3 is 24.8 Å². The highest BCUT2D eigenvalue weighted by Crippen LogP contribution is 2.33. The van der Waals surface area contributed by atoms with Gasteiger partial charge in [0.05, 0.1) is 33.4 Å². The summed E-state index contributed by atoms with van der Waals surface area (Å²) < 4.78 is 15.8. The van der Waals surface area contributed by atoms with E-state index in [0.717, 1.165) is 5.56 Å². The Morgan fingerprint density at radius 2 is 1.57 bits per heavy atom. The second-order valence-corrected chi connectivity index (χ2v) is 5.57. The third kappa shape index (κ3) is 5.06. The van der Waals surface area contributed by atoms with Gasteiger partial charge in [0.15, 0.2) is 0 Å². The molecule has 2 amide bonds. The van der Waals surface area contributed by atoms with Crippen LogP contribution in [-0.4, -0.2) is 32.9 Å². The SMILES string of the molecule is COc1cc(OC)c(CNC(=O)NC(C)(C)C)c(OC)c1. The molecule has 21 heavy (non-hydrogen) atoms. The van der Waals surface area contributed by atoms with Gasteiger partial charge in [-0.1, -0.05) is 0 Å². The van der Waals surface area contributed by atoms with Crippen LogP contribution in [-0.2, 0) is 6.54 Å². The molecule has 0 spiro atoms. The first-order valence-corrected chi connectivity index (χ1v) is 6.65. The molecule has 0 unspecified atom stereocenters. The smallest absolute Gasteiger partial charge is 0.315 e. The van der Waals surface area contributed by atoms with Crippen molar-refractivity contribution in [2.24, 2.45) is 0 Å². The summed E-state index contributed by atoms with van der Waals surface area (Å²) in [6.45, 7) is 6.04. The maximum atomic E-state index is 11.8. The number of nitrogens with one attached hydrogen (secondary N) is 2. The van der Waals surface area contributed by atoms with E-state index in [4.69, 9.17) is 14.2 Å². The molecule has 0 aliphatic carbocycles. The summed E-state index contributed by atoms with van der Waals surface area (Å²) in [6.07, 6.45) is 0. The van der Waals surface area contributed by atoms with E-state index in [9.17, 15) is 4.79 Å². The molecule has 0 radical (unpaired) electrons. The Hall–Kier alpha value is -2.11. The van der Waals surface area contributed by atoms with Crippen LogP contribution in [0.3, 0.4) is 0 Å². The van der Waals surface area contributed by atoms with Crippen molar-refractivity contribution in [3.63, 3.8) is 0 Å². The predicted octanol–water partition coefficient (Wildman–Crippen LogP) is 2.31. The Balaban J connectivity index is 2.89. The standard InChI is InChI=1S/C15H24N2O4/c1-15(2,3)17-14(18)16-9-11-12(20-5)7-10(19-4)8-13(11)21-6/h7-8H,9H2,1-6H3,(H2,16,17,18). The molecule has 0 aromatic heterocycles. The van der Waals surface area contributed by atoms with Crippen molar-refractivity contribution in [2.45, 2.75) is 32.9 Å². The molecule has 1 rings (SSSR count). The number of amides is 2. The van der Waals surface area contributed by atoms with Crippen LogP contribution in [0, 0.1) is 0 Å². The minimum absolute atomic E-state index is 0.248. The van der Waals surface area contributed by atoms with E-state index in [1.807, 2.05) is 20.8 Å². The molecule has 118 valence electrons. The summed E-state index contributed by atoms with van der Waals surface area (Å²) in [5, 5.41) is 5.62. The Bertz CT molecular complexity index is 470. The lowest BCUT2D eigenvalue weighted by molar-refractivity contribution is 0.231. The highest BCUT2D eigenvalue weighted by molar-refractivity contribution is 5.74. The fraction of sp³-hybridized carbons (Fsp3) is 0.533. The van der Waals surface area contributed by atoms with Gasteiger partial charge in [-0.15, -0.1) is 0 Å². The molecule has 0 saturated carbocycles. The summed E-state index contributed by atoms with van der Waals surface area (Å²) in [5.41, 5.74) is 0.461. The van der Waals surface area contributed by atoms with Gasteiger partial charge in [0.1, 0.15) is 17.2 Å². The molecule has 0 saturated heterocycles. The molecular weight excluding hydrogens is 272 g/mol. The van der Waals surface area contributed by atoms with Gasteiger partial charge in [0.2, 0.25) is 0 Å². The van der Waals surface area contributed by atoms with E-state index in [-0.39, 0.29) is 18.1 Å². The number of benzene rings is 1. The lowest BCUT2D eigenvalue weighted by Gasteiger charge is -2.21. The average molecular weight is 296 g/mol. The summed E-state index contributed by atoms with van der Waals surface area (Å²) >= 11 is 0. The van der Waals surface area contributed by atoms with Crippen LogP contribution >= 0.6 is 0 Å². The highest BCUT2D eigenvalue weighted by Gasteiger charge is 2.16. The third-order valence-corrected chi connectivity index (χ3v) is 2.73. The fourth-order valence-corrected chi connectivity index (χ4v) is 1.81. The monoisotopic (exact) mass is 296 g/mol. The molecule has 0 aliphatic rings. The van der Waals surface area contributed by atoms with Crippen LogP contribution in [0.2, 0.25) is 0 Å². The first-order chi connectivity index (χ1) is 9.80. The highest BCUT2D eigenvalue weighted by atomic mass is 16.5. The topological polar surface area (TPSA) is 68.8 Å². The first-order valence-electron chi connectivity index (χ1n) is 6.65. The van der Waals surface area contributed by atoms with E-state index in [1.54, 1.807) is 33.5 Å². The predicted molar refractivity (Wildman–Crippen MR) is 81.2 cm³/mol. The van der Waals surface area contributed by atoms with Gasteiger partial charge in [-0.3, -0.25) is 0 Å². The van der Waals surface area contributed by atoms with Crippen molar-refractivity contribution in [3.8, 4) is 17.2 Å². The minimum atomic E-state index is -0.293. The number of methoxy groups -OCH3 is 3. The first kappa shape index (κ1) is 16.9. The Kier molecular flexibility index (Phi) is 5.69. The average Bonchev–Trinajstić information content (AvgIpc) is 2.42. The van der Waals surface area contributed by atoms with Crippen molar-refractivity contribution in [3.05, 3.63) is 17.7 Å². The molecular formula is C15H24N2O4. The van der Waals surface area contributed by atoms with E-state index in [1.165, 1.54) is 0 Å². The number of urea groups is 1. The molecule has 6 nitrogen and oxygen atoms in total. The number of ether oxygens (including phenoxy) is 3. The second-order valence-electron chi connectivity index (χ2n) is 5.57. The molecule has 0 heterocycles. The largest absolute Gasteiger partial charge is 0.496 e. The summed E-state index contributed by atoms with van der Waals surface area (Å²) in [5.74, 6) is 1.83. The third-order valence-electron chi connectivity index (χ3n) is 2.73. The van der Waals surface area contributed by atoms with Gasteiger partial charge in [-0.25, -0.2) is 4.79 Å². The van der Waals surface area contributed by atoms with Crippen molar-refractivity contribution in [2.75, 3.05) is 21.3 Å². The van der Waals surface area contributed by atoms with E-state index < -0.39 is 0 Å². The zero-order chi connectivity index (χ0) is 16.0.